The van der Waals surface area contributed by atoms with Gasteiger partial charge in [0.05, 0.1) is 9.95 Å². The fourth-order valence-electron chi connectivity index (χ4n) is 2.74. The quantitative estimate of drug-likeness (QED) is 0.467. The van der Waals surface area contributed by atoms with Crippen molar-refractivity contribution >= 4 is 34.8 Å². The van der Waals surface area contributed by atoms with E-state index in [-0.39, 0.29) is 28.2 Å². The van der Waals surface area contributed by atoms with Crippen LogP contribution in [0.1, 0.15) is 36.0 Å². The van der Waals surface area contributed by atoms with Crippen molar-refractivity contribution in [3.05, 3.63) is 38.9 Å². The molecule has 1 fully saturated rings. The van der Waals surface area contributed by atoms with Crippen LogP contribution in [0.25, 0.3) is 0 Å². The summed E-state index contributed by atoms with van der Waals surface area (Å²) >= 11 is 11.7. The highest BCUT2D eigenvalue weighted by Gasteiger charge is 2.33. The highest BCUT2D eigenvalue weighted by atomic mass is 35.5. The second-order valence-electron chi connectivity index (χ2n) is 5.02. The van der Waals surface area contributed by atoms with E-state index in [0.717, 1.165) is 25.7 Å². The monoisotopic (exact) mass is 330 g/mol. The molecule has 1 aromatic rings. The van der Waals surface area contributed by atoms with E-state index in [2.05, 4.69) is 0 Å². The molecule has 1 amide bonds. The summed E-state index contributed by atoms with van der Waals surface area (Å²) in [5.41, 5.74) is -0.252. The maximum absolute atomic E-state index is 12.7. The molecule has 114 valence electrons. The zero-order chi connectivity index (χ0) is 15.4. The highest BCUT2D eigenvalue weighted by molar-refractivity contribution is 6.34. The lowest BCUT2D eigenvalue weighted by Gasteiger charge is -2.24. The fraction of sp³-hybridized carbons (Fsp3) is 0.500. The summed E-state index contributed by atoms with van der Waals surface area (Å²) in [6.45, 7) is 0.605. The number of likely N-dealkylation sites (tertiary alicyclic amines) is 1. The van der Waals surface area contributed by atoms with E-state index in [1.165, 1.54) is 18.2 Å². The van der Waals surface area contributed by atoms with Gasteiger partial charge in [-0.3, -0.25) is 14.9 Å². The normalized spacial score (nSPS) is 18.0. The van der Waals surface area contributed by atoms with Crippen LogP contribution < -0.4 is 0 Å². The topological polar surface area (TPSA) is 63.4 Å². The maximum atomic E-state index is 12.7. The number of hydrogen-bond donors (Lipinski definition) is 0. The number of carbonyl (C=O) groups is 1. The van der Waals surface area contributed by atoms with E-state index < -0.39 is 4.92 Å². The number of carbonyl (C=O) groups excluding carboxylic acids is 1. The molecule has 0 radical (unpaired) electrons. The van der Waals surface area contributed by atoms with Gasteiger partial charge in [-0.25, -0.2) is 0 Å². The number of rotatable bonds is 5. The standard InChI is InChI=1S/C14H16Cl2N2O3/c15-8-2-4-10-5-3-9-17(10)14(19)13-11(16)6-1-7-12(13)18(20)21/h1,6-7,10H,2-5,8-9H2. The molecule has 21 heavy (non-hydrogen) atoms. The first-order chi connectivity index (χ1) is 10.1. The van der Waals surface area contributed by atoms with Crippen LogP contribution in [0.15, 0.2) is 18.2 Å². The maximum Gasteiger partial charge on any atom is 0.283 e. The molecule has 1 atom stereocenters. The van der Waals surface area contributed by atoms with Crippen LogP contribution >= 0.6 is 23.2 Å². The fourth-order valence-corrected chi connectivity index (χ4v) is 3.14. The molecule has 5 nitrogen and oxygen atoms in total. The van der Waals surface area contributed by atoms with Gasteiger partial charge in [-0.2, -0.15) is 0 Å². The van der Waals surface area contributed by atoms with Crippen molar-refractivity contribution in [2.24, 2.45) is 0 Å². The number of alkyl halides is 1. The minimum Gasteiger partial charge on any atom is -0.335 e. The molecular weight excluding hydrogens is 315 g/mol. The molecule has 0 bridgehead atoms. The largest absolute Gasteiger partial charge is 0.335 e. The molecule has 1 aromatic carbocycles. The molecule has 0 aromatic heterocycles. The van der Waals surface area contributed by atoms with E-state index in [9.17, 15) is 14.9 Å². The van der Waals surface area contributed by atoms with Crippen molar-refractivity contribution in [1.82, 2.24) is 4.90 Å². The van der Waals surface area contributed by atoms with Gasteiger partial charge >= 0.3 is 0 Å². The Morgan fingerprint density at radius 3 is 2.90 bits per heavy atom. The first kappa shape index (κ1) is 16.0. The van der Waals surface area contributed by atoms with Crippen molar-refractivity contribution < 1.29 is 9.72 Å². The minimum absolute atomic E-state index is 0.0121. The first-order valence-electron chi connectivity index (χ1n) is 6.86. The van der Waals surface area contributed by atoms with Crippen molar-refractivity contribution in [1.29, 1.82) is 0 Å². The zero-order valence-corrected chi connectivity index (χ0v) is 12.9. The Morgan fingerprint density at radius 2 is 2.24 bits per heavy atom. The second-order valence-corrected chi connectivity index (χ2v) is 5.80. The number of nitro benzene ring substituents is 1. The van der Waals surface area contributed by atoms with E-state index in [4.69, 9.17) is 23.2 Å². The summed E-state index contributed by atoms with van der Waals surface area (Å²) in [5, 5.41) is 11.2. The summed E-state index contributed by atoms with van der Waals surface area (Å²) in [5.74, 6) is 0.189. The number of hydrogen-bond acceptors (Lipinski definition) is 3. The molecule has 1 saturated heterocycles. The molecule has 1 heterocycles. The molecule has 1 aliphatic heterocycles. The van der Waals surface area contributed by atoms with Crippen LogP contribution in [0, 0.1) is 10.1 Å². The van der Waals surface area contributed by atoms with Gasteiger partial charge in [0.2, 0.25) is 0 Å². The second kappa shape index (κ2) is 7.09. The third-order valence-corrected chi connectivity index (χ3v) is 4.29. The summed E-state index contributed by atoms with van der Waals surface area (Å²) < 4.78 is 0. The van der Waals surface area contributed by atoms with E-state index in [1.807, 2.05) is 0 Å². The Labute approximate surface area is 133 Å². The van der Waals surface area contributed by atoms with Gasteiger partial charge in [0.15, 0.2) is 0 Å². The highest BCUT2D eigenvalue weighted by Crippen LogP contribution is 2.31. The van der Waals surface area contributed by atoms with Crippen LogP contribution in [0.3, 0.4) is 0 Å². The predicted molar refractivity (Wildman–Crippen MR) is 82.1 cm³/mol. The Hall–Kier alpha value is -1.33. The van der Waals surface area contributed by atoms with Gasteiger partial charge in [0, 0.05) is 24.5 Å². The Bertz CT molecular complexity index is 551. The van der Waals surface area contributed by atoms with Gasteiger partial charge in [-0.05, 0) is 31.7 Å². The lowest BCUT2D eigenvalue weighted by molar-refractivity contribution is -0.385. The first-order valence-corrected chi connectivity index (χ1v) is 7.77. The number of nitrogens with zero attached hydrogens (tertiary/aromatic N) is 2. The summed E-state index contributed by atoms with van der Waals surface area (Å²) in [6.07, 6.45) is 3.44. The molecule has 1 unspecified atom stereocenters. The van der Waals surface area contributed by atoms with Gasteiger partial charge in [0.25, 0.3) is 11.6 Å². The van der Waals surface area contributed by atoms with Gasteiger partial charge in [0.1, 0.15) is 5.56 Å². The van der Waals surface area contributed by atoms with E-state index >= 15 is 0 Å². The average Bonchev–Trinajstić information content (AvgIpc) is 2.92. The van der Waals surface area contributed by atoms with Gasteiger partial charge < -0.3 is 4.90 Å². The molecular formula is C14H16Cl2N2O3. The lowest BCUT2D eigenvalue weighted by atomic mass is 10.1. The van der Waals surface area contributed by atoms with Crippen LogP contribution in [0.2, 0.25) is 5.02 Å². The third-order valence-electron chi connectivity index (χ3n) is 3.71. The van der Waals surface area contributed by atoms with E-state index in [0.29, 0.717) is 12.4 Å². The molecule has 7 heteroatoms. The average molecular weight is 331 g/mol. The van der Waals surface area contributed by atoms with Crippen molar-refractivity contribution in [3.63, 3.8) is 0 Å². The van der Waals surface area contributed by atoms with Crippen LogP contribution in [0.4, 0.5) is 5.69 Å². The smallest absolute Gasteiger partial charge is 0.283 e. The van der Waals surface area contributed by atoms with Gasteiger partial charge in [-0.1, -0.05) is 17.7 Å². The SMILES string of the molecule is O=C(c1c(Cl)cccc1[N+](=O)[O-])N1CCCC1CCCCl. The predicted octanol–water partition coefficient (Wildman–Crippen LogP) is 3.87. The minimum atomic E-state index is -0.567. The Balaban J connectivity index is 2.29. The molecule has 2 rings (SSSR count). The number of nitro groups is 1. The molecule has 0 aliphatic carbocycles. The van der Waals surface area contributed by atoms with Crippen molar-refractivity contribution in [2.45, 2.75) is 31.7 Å². The zero-order valence-electron chi connectivity index (χ0n) is 11.4. The molecule has 0 spiro atoms. The van der Waals surface area contributed by atoms with Crippen molar-refractivity contribution in [2.75, 3.05) is 12.4 Å². The Morgan fingerprint density at radius 1 is 1.48 bits per heavy atom. The number of benzene rings is 1. The van der Waals surface area contributed by atoms with E-state index in [1.54, 1.807) is 4.90 Å². The van der Waals surface area contributed by atoms with Crippen LogP contribution in [0.5, 0.6) is 0 Å². The third kappa shape index (κ3) is 3.47. The molecule has 0 saturated carbocycles. The summed E-state index contributed by atoms with van der Waals surface area (Å²) in [4.78, 5) is 24.9. The van der Waals surface area contributed by atoms with Crippen molar-refractivity contribution in [3.8, 4) is 0 Å². The Kier molecular flexibility index (Phi) is 5.42. The van der Waals surface area contributed by atoms with Crippen LogP contribution in [-0.2, 0) is 0 Å². The van der Waals surface area contributed by atoms with Crippen LogP contribution in [-0.4, -0.2) is 34.2 Å². The number of halogens is 2. The molecule has 1 aliphatic rings. The number of amides is 1. The summed E-state index contributed by atoms with van der Waals surface area (Å²) in [7, 11) is 0. The lowest BCUT2D eigenvalue weighted by Crippen LogP contribution is -2.36. The van der Waals surface area contributed by atoms with Gasteiger partial charge in [-0.15, -0.1) is 11.6 Å². The molecule has 0 N–H and O–H groups in total. The summed E-state index contributed by atoms with van der Waals surface area (Å²) in [6, 6.07) is 4.38.